The third-order valence-corrected chi connectivity index (χ3v) is 9.08. The lowest BCUT2D eigenvalue weighted by Crippen LogP contribution is -2.18. The summed E-state index contributed by atoms with van der Waals surface area (Å²) < 4.78 is 0. The van der Waals surface area contributed by atoms with Crippen LogP contribution in [0.4, 0.5) is 0 Å². The zero-order valence-corrected chi connectivity index (χ0v) is 20.2. The number of benzene rings is 1. The Labute approximate surface area is 216 Å². The number of aromatic nitrogens is 1. The summed E-state index contributed by atoms with van der Waals surface area (Å²) in [6.45, 7) is 0. The highest BCUT2D eigenvalue weighted by atomic mass is 14.8. The van der Waals surface area contributed by atoms with E-state index in [9.17, 15) is 0 Å². The Balaban J connectivity index is 1.31. The average molecular weight is 473 g/mol. The second-order valence-electron chi connectivity index (χ2n) is 10.7. The van der Waals surface area contributed by atoms with Crippen molar-refractivity contribution in [2.24, 2.45) is 22.7 Å². The summed E-state index contributed by atoms with van der Waals surface area (Å²) in [6, 6.07) is 10.9. The van der Waals surface area contributed by atoms with Crippen LogP contribution >= 0.6 is 0 Å². The summed E-state index contributed by atoms with van der Waals surface area (Å²) >= 11 is 0. The van der Waals surface area contributed by atoms with E-state index in [2.05, 4.69) is 121 Å². The van der Waals surface area contributed by atoms with Crippen LogP contribution in [0.1, 0.15) is 28.3 Å². The molecule has 0 saturated carbocycles. The molecule has 0 amide bonds. The van der Waals surface area contributed by atoms with Gasteiger partial charge in [0.15, 0.2) is 0 Å². The molecule has 1 aromatic heterocycles. The highest BCUT2D eigenvalue weighted by Crippen LogP contribution is 2.58. The summed E-state index contributed by atoms with van der Waals surface area (Å²) in [6.07, 6.45) is 31.7. The first-order valence-corrected chi connectivity index (χ1v) is 13.2. The van der Waals surface area contributed by atoms with Crippen LogP contribution in [0.3, 0.4) is 0 Å². The maximum Gasteiger partial charge on any atom is 0.0774 e. The highest BCUT2D eigenvalue weighted by Gasteiger charge is 2.46. The van der Waals surface area contributed by atoms with E-state index in [1.807, 2.05) is 0 Å². The first-order valence-electron chi connectivity index (χ1n) is 13.2. The van der Waals surface area contributed by atoms with E-state index in [1.54, 1.807) is 0 Å². The number of nitrogens with one attached hydrogen (secondary N) is 1. The average Bonchev–Trinajstić information content (AvgIpc) is 3.71. The van der Waals surface area contributed by atoms with Gasteiger partial charge in [-0.2, -0.15) is 0 Å². The van der Waals surface area contributed by atoms with Gasteiger partial charge in [0.05, 0.1) is 11.4 Å². The van der Waals surface area contributed by atoms with Crippen molar-refractivity contribution in [1.29, 1.82) is 0 Å². The van der Waals surface area contributed by atoms with E-state index < -0.39 is 0 Å². The van der Waals surface area contributed by atoms with Crippen LogP contribution in [0.25, 0.3) is 11.1 Å². The van der Waals surface area contributed by atoms with Crippen LogP contribution in [0.5, 0.6) is 0 Å². The lowest BCUT2D eigenvalue weighted by atomic mass is 9.76. The lowest BCUT2D eigenvalue weighted by molar-refractivity contribution is 0.623. The molecule has 0 fully saturated rings. The normalized spacial score (nSPS) is 29.9. The van der Waals surface area contributed by atoms with E-state index >= 15 is 0 Å². The lowest BCUT2D eigenvalue weighted by Gasteiger charge is -2.28. The van der Waals surface area contributed by atoms with Gasteiger partial charge in [-0.1, -0.05) is 103 Å². The molecule has 0 radical (unpaired) electrons. The van der Waals surface area contributed by atoms with E-state index in [0.29, 0.717) is 23.7 Å². The minimum Gasteiger partial charge on any atom is -0.360 e. The second kappa shape index (κ2) is 7.08. The van der Waals surface area contributed by atoms with Gasteiger partial charge in [0.2, 0.25) is 0 Å². The summed E-state index contributed by atoms with van der Waals surface area (Å²) in [5.41, 5.74) is 15.9. The molecule has 4 atom stereocenters. The number of hydrogen-bond donors (Lipinski definition) is 1. The first kappa shape index (κ1) is 19.7. The molecule has 2 nitrogen and oxygen atoms in total. The maximum absolute atomic E-state index is 5.17. The van der Waals surface area contributed by atoms with Gasteiger partial charge in [-0.25, -0.2) is 0 Å². The molecule has 2 aromatic rings. The Morgan fingerprint density at radius 2 is 1.49 bits per heavy atom. The molecule has 2 heteroatoms. The second-order valence-corrected chi connectivity index (χ2v) is 10.7. The topological polar surface area (TPSA) is 28.1 Å². The van der Waals surface area contributed by atoms with Crippen LogP contribution in [-0.4, -0.2) is 11.2 Å². The zero-order valence-electron chi connectivity index (χ0n) is 20.2. The molecule has 1 aliphatic heterocycles. The molecule has 2 heterocycles. The van der Waals surface area contributed by atoms with E-state index in [-0.39, 0.29) is 0 Å². The fourth-order valence-corrected chi connectivity index (χ4v) is 7.65. The zero-order chi connectivity index (χ0) is 24.1. The molecular weight excluding hydrogens is 448 g/mol. The highest BCUT2D eigenvalue weighted by molar-refractivity contribution is 6.00. The van der Waals surface area contributed by atoms with Crippen molar-refractivity contribution in [1.82, 2.24) is 4.98 Å². The number of rotatable bonds is 2. The van der Waals surface area contributed by atoms with Crippen LogP contribution in [0.2, 0.25) is 0 Å². The molecule has 174 valence electrons. The van der Waals surface area contributed by atoms with Gasteiger partial charge in [0.1, 0.15) is 0 Å². The number of aliphatic imine (C=N–C) groups is 1. The number of allylic oxidation sites excluding steroid dienone is 18. The summed E-state index contributed by atoms with van der Waals surface area (Å²) in [5, 5.41) is 0. The summed E-state index contributed by atoms with van der Waals surface area (Å²) in [5.74, 6) is 1.48. The number of nitrogens with zero attached hydrogens (tertiary/aromatic N) is 1. The molecule has 1 aromatic carbocycles. The molecule has 37 heavy (non-hydrogen) atoms. The van der Waals surface area contributed by atoms with Gasteiger partial charge in [0, 0.05) is 52.8 Å². The molecular formula is C35H24N2. The Morgan fingerprint density at radius 1 is 0.757 bits per heavy atom. The maximum atomic E-state index is 5.17. The summed E-state index contributed by atoms with van der Waals surface area (Å²) in [7, 11) is 0. The number of H-pyrrole nitrogens is 1. The van der Waals surface area contributed by atoms with Crippen LogP contribution in [-0.2, 0) is 0 Å². The largest absolute Gasteiger partial charge is 0.360 e. The molecule has 4 unspecified atom stereocenters. The predicted octanol–water partition coefficient (Wildman–Crippen LogP) is 7.56. The minimum absolute atomic E-state index is 0.323. The number of aromatic amines is 1. The molecule has 0 spiro atoms. The molecule has 0 saturated heterocycles. The van der Waals surface area contributed by atoms with Crippen molar-refractivity contribution in [3.8, 4) is 0 Å². The van der Waals surface area contributed by atoms with Crippen LogP contribution in [0, 0.1) is 17.8 Å². The monoisotopic (exact) mass is 472 g/mol. The van der Waals surface area contributed by atoms with Gasteiger partial charge in [-0.3, -0.25) is 4.99 Å². The van der Waals surface area contributed by atoms with Crippen LogP contribution in [0.15, 0.2) is 148 Å². The van der Waals surface area contributed by atoms with Crippen molar-refractivity contribution in [3.63, 3.8) is 0 Å². The first-order chi connectivity index (χ1) is 18.4. The smallest absolute Gasteiger partial charge is 0.0774 e. The third-order valence-electron chi connectivity index (χ3n) is 9.08. The third kappa shape index (κ3) is 2.48. The Hall–Kier alpha value is -4.43. The fraction of sp³-hybridized carbons (Fsp3) is 0.114. The Kier molecular flexibility index (Phi) is 3.77. The SMILES string of the molecule is C1=CC2=CC=CC3C4=C(C=N/C4=C(/c4ccccc4)c4[nH]cc5c4C4C=CC=C6C=CC=C5C64)C(=C1)C23. The van der Waals surface area contributed by atoms with Crippen molar-refractivity contribution in [2.75, 3.05) is 0 Å². The molecule has 7 aliphatic rings. The summed E-state index contributed by atoms with van der Waals surface area (Å²) in [4.78, 5) is 8.93. The number of fused-ring (bicyclic) bond motifs is 5. The molecule has 1 N–H and O–H groups in total. The van der Waals surface area contributed by atoms with Crippen molar-refractivity contribution in [2.45, 2.75) is 5.92 Å². The van der Waals surface area contributed by atoms with Gasteiger partial charge in [-0.15, -0.1) is 0 Å². The van der Waals surface area contributed by atoms with Crippen molar-refractivity contribution in [3.05, 3.63) is 165 Å². The quantitative estimate of drug-likeness (QED) is 0.467. The predicted molar refractivity (Wildman–Crippen MR) is 151 cm³/mol. The molecule has 9 rings (SSSR count). The van der Waals surface area contributed by atoms with E-state index in [1.165, 1.54) is 61.4 Å². The Morgan fingerprint density at radius 3 is 2.30 bits per heavy atom. The van der Waals surface area contributed by atoms with Gasteiger partial charge >= 0.3 is 0 Å². The van der Waals surface area contributed by atoms with Crippen molar-refractivity contribution >= 4 is 17.4 Å². The van der Waals surface area contributed by atoms with Gasteiger partial charge in [0.25, 0.3) is 0 Å². The minimum atomic E-state index is 0.323. The molecule has 0 bridgehead atoms. The molecule has 6 aliphatic carbocycles. The Bertz CT molecular complexity index is 1760. The van der Waals surface area contributed by atoms with Gasteiger partial charge < -0.3 is 4.98 Å². The van der Waals surface area contributed by atoms with Crippen molar-refractivity contribution < 1.29 is 0 Å². The van der Waals surface area contributed by atoms with E-state index in [0.717, 1.165) is 5.70 Å². The number of hydrogen-bond acceptors (Lipinski definition) is 1. The van der Waals surface area contributed by atoms with Crippen LogP contribution < -0.4 is 0 Å². The standard InChI is InChI=1S/C35H24N2/c1-2-8-22(9-3-1)31(34-32-25-16-6-12-20-10-4-14-23(29(20)25)27(32)18-36-34)35-33-26-17-7-13-21-11-5-15-24(30(21)26)28(33)19-37-35/h1-19,25-26,29-30,36H/b35-31-. The van der Waals surface area contributed by atoms with Gasteiger partial charge in [-0.05, 0) is 39.0 Å². The fourth-order valence-electron chi connectivity index (χ4n) is 7.65. The van der Waals surface area contributed by atoms with E-state index in [4.69, 9.17) is 4.99 Å².